The van der Waals surface area contributed by atoms with Gasteiger partial charge in [-0.1, -0.05) is 24.3 Å². The lowest BCUT2D eigenvalue weighted by molar-refractivity contribution is 0.275. The van der Waals surface area contributed by atoms with Crippen LogP contribution in [-0.4, -0.2) is 6.73 Å². The molecule has 0 unspecified atom stereocenters. The maximum absolute atomic E-state index is 12.1. The molecule has 0 fully saturated rings. The van der Waals surface area contributed by atoms with Crippen LogP contribution in [0, 0.1) is 13.8 Å². The van der Waals surface area contributed by atoms with Gasteiger partial charge in [0.15, 0.2) is 6.73 Å². The summed E-state index contributed by atoms with van der Waals surface area (Å²) < 4.78 is 11.1. The van der Waals surface area contributed by atoms with Crippen LogP contribution in [0.1, 0.15) is 16.7 Å². The van der Waals surface area contributed by atoms with Gasteiger partial charge in [-0.05, 0) is 43.2 Å². The number of fused-ring (bicyclic) bond motifs is 3. The van der Waals surface area contributed by atoms with Gasteiger partial charge in [0.25, 0.3) is 0 Å². The molecule has 0 atom stereocenters. The fourth-order valence-electron chi connectivity index (χ4n) is 2.97. The van der Waals surface area contributed by atoms with Crippen LogP contribution >= 0.6 is 0 Å². The zero-order valence-electron chi connectivity index (χ0n) is 13.1. The summed E-state index contributed by atoms with van der Waals surface area (Å²) >= 11 is 0. The SMILES string of the molecule is Cc1ccc(N2COc3c(c4ccccc4oc3=O)C2)cc1C. The van der Waals surface area contributed by atoms with E-state index in [-0.39, 0.29) is 0 Å². The molecule has 116 valence electrons. The molecule has 0 spiro atoms. The molecule has 1 aliphatic rings. The maximum Gasteiger partial charge on any atom is 0.379 e. The van der Waals surface area contributed by atoms with Crippen molar-refractivity contribution in [2.24, 2.45) is 0 Å². The lowest BCUT2D eigenvalue weighted by Gasteiger charge is -2.30. The molecular formula is C19H17NO3. The highest BCUT2D eigenvalue weighted by Crippen LogP contribution is 2.31. The number of anilines is 1. The van der Waals surface area contributed by atoms with Crippen molar-refractivity contribution in [1.82, 2.24) is 0 Å². The summed E-state index contributed by atoms with van der Waals surface area (Å²) in [6.45, 7) is 5.17. The molecule has 0 amide bonds. The standard InChI is InChI=1S/C19H17NO3/c1-12-7-8-14(9-13(12)2)20-10-16-15-5-3-4-6-17(15)23-19(21)18(16)22-11-20/h3-9H,10-11H2,1-2H3. The first kappa shape index (κ1) is 13.9. The normalized spacial score (nSPS) is 13.7. The second kappa shape index (κ2) is 5.16. The number of hydrogen-bond donors (Lipinski definition) is 0. The Morgan fingerprint density at radius 2 is 1.87 bits per heavy atom. The van der Waals surface area contributed by atoms with Gasteiger partial charge in [0.05, 0.1) is 6.54 Å². The van der Waals surface area contributed by atoms with E-state index < -0.39 is 5.63 Å². The Bertz CT molecular complexity index is 958. The van der Waals surface area contributed by atoms with E-state index in [1.165, 1.54) is 11.1 Å². The number of para-hydroxylation sites is 1. The number of benzene rings is 2. The van der Waals surface area contributed by atoms with Crippen molar-refractivity contribution in [3.8, 4) is 5.75 Å². The van der Waals surface area contributed by atoms with Crippen molar-refractivity contribution in [1.29, 1.82) is 0 Å². The molecule has 23 heavy (non-hydrogen) atoms. The van der Waals surface area contributed by atoms with E-state index in [1.54, 1.807) is 0 Å². The molecule has 3 aromatic rings. The molecule has 0 radical (unpaired) electrons. The first-order chi connectivity index (χ1) is 11.1. The van der Waals surface area contributed by atoms with E-state index in [0.29, 0.717) is 24.6 Å². The Hall–Kier alpha value is -2.75. The third kappa shape index (κ3) is 2.27. The number of ether oxygens (including phenoxy) is 1. The molecule has 0 saturated heterocycles. The maximum atomic E-state index is 12.1. The minimum atomic E-state index is -0.404. The Kier molecular flexibility index (Phi) is 3.11. The molecule has 0 saturated carbocycles. The van der Waals surface area contributed by atoms with E-state index >= 15 is 0 Å². The fourth-order valence-corrected chi connectivity index (χ4v) is 2.97. The second-order valence-electron chi connectivity index (χ2n) is 5.93. The number of rotatable bonds is 1. The van der Waals surface area contributed by atoms with E-state index in [0.717, 1.165) is 16.6 Å². The minimum Gasteiger partial charge on any atom is -0.465 e. The van der Waals surface area contributed by atoms with Gasteiger partial charge in [0, 0.05) is 16.6 Å². The van der Waals surface area contributed by atoms with E-state index in [9.17, 15) is 4.79 Å². The van der Waals surface area contributed by atoms with Crippen LogP contribution < -0.4 is 15.3 Å². The van der Waals surface area contributed by atoms with Gasteiger partial charge < -0.3 is 14.1 Å². The van der Waals surface area contributed by atoms with E-state index in [4.69, 9.17) is 9.15 Å². The second-order valence-corrected chi connectivity index (χ2v) is 5.93. The summed E-state index contributed by atoms with van der Waals surface area (Å²) in [5, 5.41) is 0.927. The lowest BCUT2D eigenvalue weighted by Crippen LogP contribution is -2.34. The highest BCUT2D eigenvalue weighted by atomic mass is 16.5. The molecule has 0 bridgehead atoms. The van der Waals surface area contributed by atoms with Crippen LogP contribution in [0.3, 0.4) is 0 Å². The fraction of sp³-hybridized carbons (Fsp3) is 0.211. The quantitative estimate of drug-likeness (QED) is 0.642. The third-order valence-electron chi connectivity index (χ3n) is 4.44. The van der Waals surface area contributed by atoms with Gasteiger partial charge in [-0.2, -0.15) is 0 Å². The number of nitrogens with zero attached hydrogens (tertiary/aromatic N) is 1. The van der Waals surface area contributed by atoms with Gasteiger partial charge in [-0.3, -0.25) is 0 Å². The van der Waals surface area contributed by atoms with Gasteiger partial charge in [-0.15, -0.1) is 0 Å². The molecule has 1 aromatic heterocycles. The summed E-state index contributed by atoms with van der Waals surface area (Å²) in [6.07, 6.45) is 0. The highest BCUT2D eigenvalue weighted by Gasteiger charge is 2.24. The van der Waals surface area contributed by atoms with Crippen molar-refractivity contribution >= 4 is 16.7 Å². The van der Waals surface area contributed by atoms with Gasteiger partial charge >= 0.3 is 5.63 Å². The molecule has 4 nitrogen and oxygen atoms in total. The number of hydrogen-bond acceptors (Lipinski definition) is 4. The molecule has 1 aliphatic heterocycles. The van der Waals surface area contributed by atoms with Crippen LogP contribution in [0.25, 0.3) is 11.0 Å². The zero-order chi connectivity index (χ0) is 16.0. The van der Waals surface area contributed by atoms with Crippen molar-refractivity contribution < 1.29 is 9.15 Å². The molecule has 2 aromatic carbocycles. The van der Waals surface area contributed by atoms with Gasteiger partial charge in [0.2, 0.25) is 5.75 Å². The predicted octanol–water partition coefficient (Wildman–Crippen LogP) is 3.77. The first-order valence-electron chi connectivity index (χ1n) is 7.63. The lowest BCUT2D eigenvalue weighted by atomic mass is 10.1. The van der Waals surface area contributed by atoms with Crippen LogP contribution in [-0.2, 0) is 6.54 Å². The average molecular weight is 307 g/mol. The Morgan fingerprint density at radius 3 is 2.70 bits per heavy atom. The molecule has 0 N–H and O–H groups in total. The van der Waals surface area contributed by atoms with Crippen molar-refractivity contribution in [2.75, 3.05) is 11.6 Å². The van der Waals surface area contributed by atoms with Crippen LogP contribution in [0.4, 0.5) is 5.69 Å². The van der Waals surface area contributed by atoms with Crippen molar-refractivity contribution in [3.63, 3.8) is 0 Å². The largest absolute Gasteiger partial charge is 0.465 e. The molecule has 4 heteroatoms. The van der Waals surface area contributed by atoms with E-state index in [2.05, 4.69) is 36.9 Å². The smallest absolute Gasteiger partial charge is 0.379 e. The monoisotopic (exact) mass is 307 g/mol. The summed E-state index contributed by atoms with van der Waals surface area (Å²) in [5.41, 5.74) is 4.68. The topological polar surface area (TPSA) is 42.7 Å². The molecule has 4 rings (SSSR count). The summed E-state index contributed by atoms with van der Waals surface area (Å²) in [5.74, 6) is 0.337. The van der Waals surface area contributed by atoms with Crippen LogP contribution in [0.2, 0.25) is 0 Å². The highest BCUT2D eigenvalue weighted by molar-refractivity contribution is 5.82. The predicted molar refractivity (Wildman–Crippen MR) is 90.1 cm³/mol. The van der Waals surface area contributed by atoms with Crippen molar-refractivity contribution in [2.45, 2.75) is 20.4 Å². The van der Waals surface area contributed by atoms with Crippen molar-refractivity contribution in [3.05, 3.63) is 69.6 Å². The Labute approximate surface area is 133 Å². The summed E-state index contributed by atoms with van der Waals surface area (Å²) in [4.78, 5) is 14.2. The Balaban J connectivity index is 1.82. The van der Waals surface area contributed by atoms with Crippen LogP contribution in [0.5, 0.6) is 5.75 Å². The number of aryl methyl sites for hydroxylation is 2. The molecule has 2 heterocycles. The minimum absolute atomic E-state index is 0.337. The third-order valence-corrected chi connectivity index (χ3v) is 4.44. The molecular weight excluding hydrogens is 290 g/mol. The zero-order valence-corrected chi connectivity index (χ0v) is 13.1. The molecule has 0 aliphatic carbocycles. The van der Waals surface area contributed by atoms with Crippen LogP contribution in [0.15, 0.2) is 51.7 Å². The van der Waals surface area contributed by atoms with Gasteiger partial charge in [0.1, 0.15) is 5.58 Å². The van der Waals surface area contributed by atoms with Gasteiger partial charge in [-0.25, -0.2) is 4.79 Å². The van der Waals surface area contributed by atoms with E-state index in [1.807, 2.05) is 24.3 Å². The average Bonchev–Trinajstić information content (AvgIpc) is 2.57. The summed E-state index contributed by atoms with van der Waals surface area (Å²) in [7, 11) is 0. The Morgan fingerprint density at radius 1 is 1.04 bits per heavy atom. The first-order valence-corrected chi connectivity index (χ1v) is 7.63. The summed E-state index contributed by atoms with van der Waals surface area (Å²) in [6, 6.07) is 13.9.